The summed E-state index contributed by atoms with van der Waals surface area (Å²) in [6.07, 6.45) is 10.0. The van der Waals surface area contributed by atoms with E-state index < -0.39 is 0 Å². The van der Waals surface area contributed by atoms with Crippen molar-refractivity contribution in [3.63, 3.8) is 0 Å². The van der Waals surface area contributed by atoms with Crippen LogP contribution in [-0.4, -0.2) is 59.1 Å². The number of hydrogen-bond acceptors (Lipinski definition) is 4. The molecule has 0 aliphatic carbocycles. The monoisotopic (exact) mass is 236 g/mol. The van der Waals surface area contributed by atoms with Gasteiger partial charge in [-0.05, 0) is 20.3 Å². The summed E-state index contributed by atoms with van der Waals surface area (Å²) in [5, 5.41) is 0. The molecule has 0 bridgehead atoms. The van der Waals surface area contributed by atoms with E-state index in [1.54, 1.807) is 0 Å². The van der Waals surface area contributed by atoms with Gasteiger partial charge in [0.15, 0.2) is 0 Å². The predicted molar refractivity (Wildman–Crippen MR) is 70.8 cm³/mol. The van der Waals surface area contributed by atoms with Gasteiger partial charge in [-0.15, -0.1) is 0 Å². The van der Waals surface area contributed by atoms with Crippen molar-refractivity contribution in [2.45, 2.75) is 20.3 Å². The van der Waals surface area contributed by atoms with Crippen molar-refractivity contribution in [2.24, 2.45) is 0 Å². The zero-order valence-corrected chi connectivity index (χ0v) is 11.0. The molecule has 17 heavy (non-hydrogen) atoms. The highest BCUT2D eigenvalue weighted by Crippen LogP contribution is 2.09. The van der Waals surface area contributed by atoms with Crippen molar-refractivity contribution >= 4 is 0 Å². The lowest BCUT2D eigenvalue weighted by Gasteiger charge is -2.23. The molecule has 0 saturated carbocycles. The molecule has 2 rings (SSSR count). The lowest BCUT2D eigenvalue weighted by atomic mass is 10.4. The zero-order valence-electron chi connectivity index (χ0n) is 11.0. The molecule has 0 atom stereocenters. The maximum atomic E-state index is 2.39. The molecule has 2 heterocycles. The van der Waals surface area contributed by atoms with E-state index in [2.05, 4.69) is 58.2 Å². The van der Waals surface area contributed by atoms with Crippen LogP contribution in [0.4, 0.5) is 0 Å². The fourth-order valence-electron chi connectivity index (χ4n) is 2.21. The lowest BCUT2D eigenvalue weighted by Crippen LogP contribution is -2.29. The molecule has 0 aromatic carbocycles. The summed E-state index contributed by atoms with van der Waals surface area (Å²) in [5.74, 6) is 0. The van der Waals surface area contributed by atoms with E-state index in [4.69, 9.17) is 0 Å². The SMILES string of the molecule is CCN1C=CN(CCCN2C=CN(CC)C2)C1. The minimum atomic E-state index is 1.06. The van der Waals surface area contributed by atoms with Crippen molar-refractivity contribution in [2.75, 3.05) is 39.5 Å². The largest absolute Gasteiger partial charge is 0.359 e. The Labute approximate surface area is 105 Å². The number of rotatable bonds is 6. The molecule has 96 valence electrons. The smallest absolute Gasteiger partial charge is 0.0893 e. The molecule has 4 nitrogen and oxygen atoms in total. The topological polar surface area (TPSA) is 13.0 Å². The molecule has 0 unspecified atom stereocenters. The molecule has 2 aliphatic rings. The van der Waals surface area contributed by atoms with Crippen molar-refractivity contribution in [3.8, 4) is 0 Å². The van der Waals surface area contributed by atoms with Gasteiger partial charge in [0.25, 0.3) is 0 Å². The summed E-state index contributed by atoms with van der Waals surface area (Å²) in [6, 6.07) is 0. The van der Waals surface area contributed by atoms with Crippen LogP contribution >= 0.6 is 0 Å². The maximum Gasteiger partial charge on any atom is 0.0893 e. The van der Waals surface area contributed by atoms with E-state index in [1.165, 1.54) is 6.42 Å². The first-order valence-corrected chi connectivity index (χ1v) is 6.64. The lowest BCUT2D eigenvalue weighted by molar-refractivity contribution is 0.239. The molecule has 0 aromatic rings. The first-order valence-electron chi connectivity index (χ1n) is 6.64. The number of hydrogen-bond donors (Lipinski definition) is 0. The Morgan fingerprint density at radius 1 is 0.706 bits per heavy atom. The van der Waals surface area contributed by atoms with Crippen LogP contribution in [0.1, 0.15) is 20.3 Å². The summed E-state index contributed by atoms with van der Waals surface area (Å²) in [5.41, 5.74) is 0. The van der Waals surface area contributed by atoms with Crippen molar-refractivity contribution in [1.82, 2.24) is 19.6 Å². The number of nitrogens with zero attached hydrogens (tertiary/aromatic N) is 4. The minimum absolute atomic E-state index is 1.06. The second-order valence-corrected chi connectivity index (χ2v) is 4.67. The van der Waals surface area contributed by atoms with E-state index in [0.717, 1.165) is 39.5 Å². The second kappa shape index (κ2) is 5.84. The summed E-state index contributed by atoms with van der Waals surface area (Å²) in [4.78, 5) is 9.44. The maximum absolute atomic E-state index is 2.39. The molecule has 0 aromatic heterocycles. The van der Waals surface area contributed by atoms with E-state index in [-0.39, 0.29) is 0 Å². The van der Waals surface area contributed by atoms with Gasteiger partial charge in [0.05, 0.1) is 13.3 Å². The van der Waals surface area contributed by atoms with E-state index >= 15 is 0 Å². The fraction of sp³-hybridized carbons (Fsp3) is 0.692. The molecule has 2 aliphatic heterocycles. The van der Waals surface area contributed by atoms with E-state index in [9.17, 15) is 0 Å². The van der Waals surface area contributed by atoms with Gasteiger partial charge < -0.3 is 19.6 Å². The van der Waals surface area contributed by atoms with Crippen LogP contribution < -0.4 is 0 Å². The van der Waals surface area contributed by atoms with Gasteiger partial charge in [0, 0.05) is 51.0 Å². The van der Waals surface area contributed by atoms with E-state index in [0.29, 0.717) is 0 Å². The van der Waals surface area contributed by atoms with Gasteiger partial charge in [-0.3, -0.25) is 0 Å². The normalized spacial score (nSPS) is 18.9. The highest BCUT2D eigenvalue weighted by atomic mass is 15.3. The van der Waals surface area contributed by atoms with Crippen molar-refractivity contribution in [1.29, 1.82) is 0 Å². The summed E-state index contributed by atoms with van der Waals surface area (Å²) in [7, 11) is 0. The third-order valence-electron chi connectivity index (χ3n) is 3.41. The van der Waals surface area contributed by atoms with Crippen LogP contribution in [-0.2, 0) is 0 Å². The van der Waals surface area contributed by atoms with Gasteiger partial charge in [-0.25, -0.2) is 0 Å². The molecule has 4 heteroatoms. The summed E-state index contributed by atoms with van der Waals surface area (Å²) < 4.78 is 0. The molecule has 0 spiro atoms. The van der Waals surface area contributed by atoms with E-state index in [1.807, 2.05) is 0 Å². The average Bonchev–Trinajstić information content (AvgIpc) is 2.97. The van der Waals surface area contributed by atoms with Gasteiger partial charge >= 0.3 is 0 Å². The Balaban J connectivity index is 1.58. The van der Waals surface area contributed by atoms with Crippen LogP contribution in [0.2, 0.25) is 0 Å². The Hall–Kier alpha value is -1.32. The molecule has 0 radical (unpaired) electrons. The first kappa shape index (κ1) is 12.1. The minimum Gasteiger partial charge on any atom is -0.359 e. The van der Waals surface area contributed by atoms with Crippen LogP contribution in [0.15, 0.2) is 24.8 Å². The molecular weight excluding hydrogens is 212 g/mol. The van der Waals surface area contributed by atoms with Crippen molar-refractivity contribution < 1.29 is 0 Å². The highest BCUT2D eigenvalue weighted by molar-refractivity contribution is 4.92. The molecule has 0 saturated heterocycles. The quantitative estimate of drug-likeness (QED) is 0.693. The van der Waals surface area contributed by atoms with Crippen LogP contribution in [0.25, 0.3) is 0 Å². The van der Waals surface area contributed by atoms with Gasteiger partial charge in [0.2, 0.25) is 0 Å². The van der Waals surface area contributed by atoms with Crippen molar-refractivity contribution in [3.05, 3.63) is 24.8 Å². The fourth-order valence-corrected chi connectivity index (χ4v) is 2.21. The second-order valence-electron chi connectivity index (χ2n) is 4.67. The Bertz CT molecular complexity index is 259. The third kappa shape index (κ3) is 3.32. The molecule has 0 N–H and O–H groups in total. The molecular formula is C13H24N4. The molecule has 0 amide bonds. The average molecular weight is 236 g/mol. The standard InChI is InChI=1S/C13H24N4/c1-3-14-8-10-16(12-14)6-5-7-17-11-9-15(4-2)13-17/h8-11H,3-7,12-13H2,1-2H3. The predicted octanol–water partition coefficient (Wildman–Crippen LogP) is 1.51. The van der Waals surface area contributed by atoms with Crippen LogP contribution in [0, 0.1) is 0 Å². The Morgan fingerprint density at radius 2 is 1.12 bits per heavy atom. The third-order valence-corrected chi connectivity index (χ3v) is 3.41. The summed E-state index contributed by atoms with van der Waals surface area (Å²) in [6.45, 7) is 11.0. The molecule has 0 fully saturated rings. The summed E-state index contributed by atoms with van der Waals surface area (Å²) >= 11 is 0. The highest BCUT2D eigenvalue weighted by Gasteiger charge is 2.12. The Morgan fingerprint density at radius 3 is 1.47 bits per heavy atom. The van der Waals surface area contributed by atoms with Gasteiger partial charge in [-0.1, -0.05) is 0 Å². The van der Waals surface area contributed by atoms with Crippen LogP contribution in [0.3, 0.4) is 0 Å². The van der Waals surface area contributed by atoms with Crippen LogP contribution in [0.5, 0.6) is 0 Å². The first-order chi connectivity index (χ1) is 8.31. The Kier molecular flexibility index (Phi) is 4.18. The van der Waals surface area contributed by atoms with Gasteiger partial charge in [-0.2, -0.15) is 0 Å². The van der Waals surface area contributed by atoms with Gasteiger partial charge in [0.1, 0.15) is 0 Å². The zero-order chi connectivity index (χ0) is 12.1.